The summed E-state index contributed by atoms with van der Waals surface area (Å²) in [5, 5.41) is 1.30. The molecule has 0 bridgehead atoms. The number of sulfonamides is 1. The van der Waals surface area contributed by atoms with Gasteiger partial charge < -0.3 is 19.2 Å². The van der Waals surface area contributed by atoms with Gasteiger partial charge in [0, 0.05) is 12.1 Å². The fourth-order valence-electron chi connectivity index (χ4n) is 5.36. The van der Waals surface area contributed by atoms with Gasteiger partial charge >= 0.3 is 0 Å². The van der Waals surface area contributed by atoms with E-state index in [0.717, 1.165) is 60.2 Å². The molecule has 0 unspecified atom stereocenters. The third-order valence-electron chi connectivity index (χ3n) is 7.80. The van der Waals surface area contributed by atoms with Crippen molar-refractivity contribution >= 4 is 44.4 Å². The lowest BCUT2D eigenvalue weighted by Crippen LogP contribution is -2.58. The average molecular weight is 590 g/mol. The fraction of sp³-hybridized carbons (Fsp3) is 0.370. The number of pyridine rings is 1. The van der Waals surface area contributed by atoms with Crippen LogP contribution in [-0.2, 0) is 17.1 Å². The SMILES string of the molecule is C[n+]1cc(C2=CN(c3c(F)ccc(NS(=O)(=O)c4ccoc4)c3Cl)NN2)cc(N2CC[N+](C)(CC3CC3)CC2)c1. The number of nitrogens with zero attached hydrogens (tertiary/aromatic N) is 4. The molecule has 2 aliphatic heterocycles. The molecule has 10 nitrogen and oxygen atoms in total. The average Bonchev–Trinajstić information content (AvgIpc) is 3.34. The quantitative estimate of drug-likeness (QED) is 0.274. The van der Waals surface area contributed by atoms with Gasteiger partial charge in [-0.3, -0.25) is 9.73 Å². The van der Waals surface area contributed by atoms with Crippen molar-refractivity contribution in [1.82, 2.24) is 11.0 Å². The van der Waals surface area contributed by atoms with Crippen LogP contribution < -0.4 is 30.2 Å². The second kappa shape index (κ2) is 10.3. The molecule has 3 aromatic rings. The maximum Gasteiger partial charge on any atom is 0.265 e. The summed E-state index contributed by atoms with van der Waals surface area (Å²) in [6.07, 6.45) is 10.9. The van der Waals surface area contributed by atoms with Gasteiger partial charge in [-0.25, -0.2) is 17.4 Å². The molecule has 0 radical (unpaired) electrons. The van der Waals surface area contributed by atoms with E-state index in [-0.39, 0.29) is 21.3 Å². The largest absolute Gasteiger partial charge is 0.471 e. The Morgan fingerprint density at radius 1 is 1.23 bits per heavy atom. The third-order valence-corrected chi connectivity index (χ3v) is 9.52. The van der Waals surface area contributed by atoms with Gasteiger partial charge in [-0.15, -0.1) is 5.53 Å². The van der Waals surface area contributed by atoms with Gasteiger partial charge in [-0.05, 0) is 37.1 Å². The van der Waals surface area contributed by atoms with Crippen LogP contribution in [0.4, 0.5) is 21.5 Å². The van der Waals surface area contributed by atoms with E-state index in [4.69, 9.17) is 16.0 Å². The smallest absolute Gasteiger partial charge is 0.265 e. The lowest BCUT2D eigenvalue weighted by atomic mass is 10.1. The zero-order valence-corrected chi connectivity index (χ0v) is 24.0. The van der Waals surface area contributed by atoms with Crippen molar-refractivity contribution in [1.29, 1.82) is 0 Å². The molecule has 0 atom stereocenters. The van der Waals surface area contributed by atoms with E-state index in [0.29, 0.717) is 5.70 Å². The summed E-state index contributed by atoms with van der Waals surface area (Å²) in [6, 6.07) is 5.87. The number of rotatable bonds is 8. The molecule has 3 aliphatic rings. The molecule has 2 aromatic heterocycles. The number of benzene rings is 1. The van der Waals surface area contributed by atoms with E-state index >= 15 is 4.39 Å². The summed E-state index contributed by atoms with van der Waals surface area (Å²) in [7, 11) is 0.400. The number of hydrogen-bond donors (Lipinski definition) is 3. The molecule has 1 aromatic carbocycles. The summed E-state index contributed by atoms with van der Waals surface area (Å²) >= 11 is 6.52. The van der Waals surface area contributed by atoms with Crippen LogP contribution in [0, 0.1) is 11.7 Å². The van der Waals surface area contributed by atoms with Crippen LogP contribution in [0.1, 0.15) is 18.4 Å². The molecule has 1 aliphatic carbocycles. The Kier molecular flexibility index (Phi) is 6.89. The summed E-state index contributed by atoms with van der Waals surface area (Å²) in [5.41, 5.74) is 8.76. The van der Waals surface area contributed by atoms with Gasteiger partial charge in [-0.1, -0.05) is 11.6 Å². The number of quaternary nitrogens is 1. The molecule has 40 heavy (non-hydrogen) atoms. The maximum atomic E-state index is 15.0. The van der Waals surface area contributed by atoms with Crippen LogP contribution in [0.25, 0.3) is 5.70 Å². The number of piperazine rings is 1. The molecular formula is C27H33ClFN7O3S+2. The molecule has 3 N–H and O–H groups in total. The highest BCUT2D eigenvalue weighted by molar-refractivity contribution is 7.92. The number of aryl methyl sites for hydroxylation is 1. The van der Waals surface area contributed by atoms with Crippen LogP contribution in [0.2, 0.25) is 5.02 Å². The van der Waals surface area contributed by atoms with Gasteiger partial charge in [0.1, 0.15) is 35.4 Å². The van der Waals surface area contributed by atoms with Crippen LogP contribution in [-0.4, -0.2) is 52.7 Å². The summed E-state index contributed by atoms with van der Waals surface area (Å²) < 4.78 is 50.8. The molecule has 6 rings (SSSR count). The topological polar surface area (TPSA) is 93.7 Å². The number of hydrogen-bond acceptors (Lipinski definition) is 7. The van der Waals surface area contributed by atoms with Crippen molar-refractivity contribution in [2.24, 2.45) is 13.0 Å². The lowest BCUT2D eigenvalue weighted by molar-refractivity contribution is -0.911. The summed E-state index contributed by atoms with van der Waals surface area (Å²) in [5.74, 6) is 0.284. The third kappa shape index (κ3) is 5.49. The standard InChI is InChI=1S/C27H33ClFN7O3S/c1-33-14-20(13-21(15-33)34-8-10-36(2,11-9-34)17-19-3-4-19)25-16-35(32-30-25)27-23(29)5-6-24(26(27)28)31-40(37,38)22-7-12-39-18-22/h5-7,12-16,18-19,30-32H,3-4,8-11,17H2,1-2H3/q+2. The highest BCUT2D eigenvalue weighted by atomic mass is 35.5. The van der Waals surface area contributed by atoms with Crippen LogP contribution in [0.15, 0.2) is 64.7 Å². The van der Waals surface area contributed by atoms with Crippen molar-refractivity contribution in [3.63, 3.8) is 0 Å². The second-order valence-corrected chi connectivity index (χ2v) is 13.2. The van der Waals surface area contributed by atoms with Gasteiger partial charge in [0.05, 0.1) is 68.0 Å². The Morgan fingerprint density at radius 2 is 2.00 bits per heavy atom. The summed E-state index contributed by atoms with van der Waals surface area (Å²) in [4.78, 5) is 2.36. The van der Waals surface area contributed by atoms with Gasteiger partial charge in [-0.2, -0.15) is 0 Å². The minimum absolute atomic E-state index is 0.0270. The predicted molar refractivity (Wildman–Crippen MR) is 151 cm³/mol. The van der Waals surface area contributed by atoms with E-state index < -0.39 is 15.8 Å². The number of aromatic nitrogens is 1. The summed E-state index contributed by atoms with van der Waals surface area (Å²) in [6.45, 7) is 5.52. The van der Waals surface area contributed by atoms with Crippen LogP contribution in [0.5, 0.6) is 0 Å². The molecular weight excluding hydrogens is 557 g/mol. The Labute approximate surface area is 238 Å². The van der Waals surface area contributed by atoms with E-state index in [2.05, 4.69) is 39.9 Å². The predicted octanol–water partition coefficient (Wildman–Crippen LogP) is 3.20. The second-order valence-electron chi connectivity index (χ2n) is 11.1. The lowest BCUT2D eigenvalue weighted by Gasteiger charge is -2.42. The number of halogens is 2. The molecule has 212 valence electrons. The van der Waals surface area contributed by atoms with Crippen molar-refractivity contribution in [3.8, 4) is 0 Å². The highest BCUT2D eigenvalue weighted by Gasteiger charge is 2.36. The number of nitrogens with one attached hydrogen (secondary N) is 3. The minimum Gasteiger partial charge on any atom is -0.471 e. The first-order valence-electron chi connectivity index (χ1n) is 13.3. The molecule has 2 fully saturated rings. The van der Waals surface area contributed by atoms with Crippen molar-refractivity contribution in [3.05, 3.63) is 71.8 Å². The molecule has 0 amide bonds. The molecule has 4 heterocycles. The van der Waals surface area contributed by atoms with E-state index in [1.54, 1.807) is 6.20 Å². The Hall–Kier alpha value is -3.32. The first kappa shape index (κ1) is 26.9. The Bertz CT molecular complexity index is 1550. The van der Waals surface area contributed by atoms with E-state index in [1.807, 2.05) is 17.8 Å². The number of furan rings is 1. The molecule has 1 saturated heterocycles. The molecule has 13 heteroatoms. The van der Waals surface area contributed by atoms with Crippen molar-refractivity contribution in [2.45, 2.75) is 17.7 Å². The fourth-order valence-corrected chi connectivity index (χ4v) is 6.70. The number of anilines is 3. The number of likely N-dealkylation sites (N-methyl/N-ethyl adjacent to an activating group) is 1. The normalized spacial score (nSPS) is 18.9. The van der Waals surface area contributed by atoms with Crippen LogP contribution >= 0.6 is 11.6 Å². The van der Waals surface area contributed by atoms with Gasteiger partial charge in [0.2, 0.25) is 0 Å². The van der Waals surface area contributed by atoms with Gasteiger partial charge in [0.25, 0.3) is 10.0 Å². The van der Waals surface area contributed by atoms with Crippen LogP contribution in [0.3, 0.4) is 0 Å². The minimum atomic E-state index is -3.96. The Balaban J connectivity index is 1.22. The Morgan fingerprint density at radius 3 is 2.70 bits per heavy atom. The highest BCUT2D eigenvalue weighted by Crippen LogP contribution is 2.38. The van der Waals surface area contributed by atoms with Crippen molar-refractivity contribution in [2.75, 3.05) is 54.4 Å². The maximum absolute atomic E-state index is 15.0. The first-order chi connectivity index (χ1) is 19.1. The van der Waals surface area contributed by atoms with E-state index in [9.17, 15) is 8.42 Å². The van der Waals surface area contributed by atoms with Crippen molar-refractivity contribution < 1.29 is 26.3 Å². The zero-order valence-electron chi connectivity index (χ0n) is 22.4. The monoisotopic (exact) mass is 589 g/mol. The van der Waals surface area contributed by atoms with Gasteiger partial charge in [0.15, 0.2) is 12.4 Å². The molecule has 0 spiro atoms. The zero-order chi connectivity index (χ0) is 28.1. The first-order valence-corrected chi connectivity index (χ1v) is 15.1. The number of hydrazine groups is 2. The van der Waals surface area contributed by atoms with E-state index in [1.165, 1.54) is 42.8 Å². The molecule has 1 saturated carbocycles.